The number of nitrogens with one attached hydrogen (secondary N) is 1. The molecule has 1 N–H and O–H groups in total. The molecule has 1 aromatic rings. The van der Waals surface area contributed by atoms with Crippen LogP contribution in [0.3, 0.4) is 0 Å². The number of nitro benzene ring substituents is 1. The number of ether oxygens (including phenoxy) is 1. The summed E-state index contributed by atoms with van der Waals surface area (Å²) >= 11 is 6.06. The molecule has 6 heteroatoms. The van der Waals surface area contributed by atoms with E-state index >= 15 is 0 Å². The Hall–Kier alpha value is -1.33. The van der Waals surface area contributed by atoms with Crippen LogP contribution in [-0.2, 0) is 4.74 Å². The second-order valence-corrected chi connectivity index (χ2v) is 5.10. The molecule has 2 atom stereocenters. The third kappa shape index (κ3) is 3.58. The van der Waals surface area contributed by atoms with Gasteiger partial charge in [-0.25, -0.2) is 0 Å². The van der Waals surface area contributed by atoms with E-state index in [0.717, 1.165) is 31.6 Å². The number of anilines is 1. The summed E-state index contributed by atoms with van der Waals surface area (Å²) in [5.74, 6) is 0. The van der Waals surface area contributed by atoms with Crippen LogP contribution in [0.1, 0.15) is 26.2 Å². The Morgan fingerprint density at radius 3 is 3.00 bits per heavy atom. The summed E-state index contributed by atoms with van der Waals surface area (Å²) in [7, 11) is 0. The van der Waals surface area contributed by atoms with Crippen LogP contribution in [0.2, 0.25) is 5.02 Å². The van der Waals surface area contributed by atoms with Gasteiger partial charge in [-0.05, 0) is 25.3 Å². The Bertz CT molecular complexity index is 467. The lowest BCUT2D eigenvalue weighted by Gasteiger charge is -2.30. The lowest BCUT2D eigenvalue weighted by molar-refractivity contribution is -0.384. The van der Waals surface area contributed by atoms with E-state index in [0.29, 0.717) is 11.1 Å². The predicted octanol–water partition coefficient (Wildman–Crippen LogP) is 3.62. The maximum atomic E-state index is 10.6. The van der Waals surface area contributed by atoms with Crippen LogP contribution in [-0.4, -0.2) is 23.7 Å². The summed E-state index contributed by atoms with van der Waals surface area (Å²) < 4.78 is 5.61. The van der Waals surface area contributed by atoms with Crippen molar-refractivity contribution >= 4 is 23.0 Å². The SMILES string of the molecule is CCC1CC(Nc2ccc([N+](=O)[O-])cc2Cl)CCO1. The monoisotopic (exact) mass is 284 g/mol. The maximum absolute atomic E-state index is 10.6. The summed E-state index contributed by atoms with van der Waals surface area (Å²) in [5, 5.41) is 14.4. The first kappa shape index (κ1) is 14.1. The van der Waals surface area contributed by atoms with Crippen molar-refractivity contribution in [2.45, 2.75) is 38.3 Å². The van der Waals surface area contributed by atoms with Crippen molar-refractivity contribution in [2.75, 3.05) is 11.9 Å². The van der Waals surface area contributed by atoms with Crippen molar-refractivity contribution in [1.82, 2.24) is 0 Å². The zero-order valence-corrected chi connectivity index (χ0v) is 11.5. The van der Waals surface area contributed by atoms with Gasteiger partial charge in [-0.2, -0.15) is 0 Å². The zero-order valence-electron chi connectivity index (χ0n) is 10.8. The van der Waals surface area contributed by atoms with E-state index in [1.165, 1.54) is 12.1 Å². The van der Waals surface area contributed by atoms with Crippen molar-refractivity contribution in [1.29, 1.82) is 0 Å². The molecule has 104 valence electrons. The van der Waals surface area contributed by atoms with Crippen LogP contribution in [0.25, 0.3) is 0 Å². The lowest BCUT2D eigenvalue weighted by atomic mass is 10.0. The highest BCUT2D eigenvalue weighted by molar-refractivity contribution is 6.33. The van der Waals surface area contributed by atoms with Crippen LogP contribution in [0, 0.1) is 10.1 Å². The van der Waals surface area contributed by atoms with E-state index < -0.39 is 4.92 Å². The van der Waals surface area contributed by atoms with Gasteiger partial charge in [0.15, 0.2) is 0 Å². The Labute approximate surface area is 117 Å². The fourth-order valence-electron chi connectivity index (χ4n) is 2.25. The van der Waals surface area contributed by atoms with E-state index in [9.17, 15) is 10.1 Å². The molecular weight excluding hydrogens is 268 g/mol. The topological polar surface area (TPSA) is 64.4 Å². The number of non-ortho nitro benzene ring substituents is 1. The number of hydrogen-bond donors (Lipinski definition) is 1. The van der Waals surface area contributed by atoms with Crippen LogP contribution < -0.4 is 5.32 Å². The van der Waals surface area contributed by atoms with E-state index in [1.807, 2.05) is 0 Å². The van der Waals surface area contributed by atoms with Crippen LogP contribution in [0.5, 0.6) is 0 Å². The minimum Gasteiger partial charge on any atom is -0.381 e. The summed E-state index contributed by atoms with van der Waals surface area (Å²) in [4.78, 5) is 10.2. The number of nitrogens with zero attached hydrogens (tertiary/aromatic N) is 1. The van der Waals surface area contributed by atoms with Crippen molar-refractivity contribution in [3.05, 3.63) is 33.3 Å². The Morgan fingerprint density at radius 1 is 1.58 bits per heavy atom. The molecule has 0 amide bonds. The third-order valence-electron chi connectivity index (χ3n) is 3.35. The number of halogens is 1. The molecule has 0 aromatic heterocycles. The molecule has 0 spiro atoms. The second-order valence-electron chi connectivity index (χ2n) is 4.69. The van der Waals surface area contributed by atoms with Gasteiger partial charge < -0.3 is 10.1 Å². The smallest absolute Gasteiger partial charge is 0.271 e. The highest BCUT2D eigenvalue weighted by Gasteiger charge is 2.22. The van der Waals surface area contributed by atoms with Gasteiger partial charge in [-0.1, -0.05) is 18.5 Å². The molecule has 5 nitrogen and oxygen atoms in total. The first-order chi connectivity index (χ1) is 9.10. The average molecular weight is 285 g/mol. The highest BCUT2D eigenvalue weighted by Crippen LogP contribution is 2.29. The van der Waals surface area contributed by atoms with Crippen molar-refractivity contribution in [3.63, 3.8) is 0 Å². The third-order valence-corrected chi connectivity index (χ3v) is 3.66. The molecule has 1 aliphatic rings. The average Bonchev–Trinajstić information content (AvgIpc) is 2.41. The minimum atomic E-state index is -0.447. The molecule has 1 heterocycles. The number of benzene rings is 1. The fourth-order valence-corrected chi connectivity index (χ4v) is 2.48. The predicted molar refractivity (Wildman–Crippen MR) is 74.8 cm³/mol. The standard InChI is InChI=1S/C13H17ClN2O3/c1-2-11-7-9(5-6-19-11)15-13-4-3-10(16(17)18)8-12(13)14/h3-4,8-9,11,15H,2,5-7H2,1H3. The van der Waals surface area contributed by atoms with Gasteiger partial charge >= 0.3 is 0 Å². The van der Waals surface area contributed by atoms with Crippen molar-refractivity contribution < 1.29 is 9.66 Å². The van der Waals surface area contributed by atoms with Crippen LogP contribution in [0.15, 0.2) is 18.2 Å². The molecule has 19 heavy (non-hydrogen) atoms. The highest BCUT2D eigenvalue weighted by atomic mass is 35.5. The van der Waals surface area contributed by atoms with Crippen molar-refractivity contribution in [2.24, 2.45) is 0 Å². The normalized spacial score (nSPS) is 23.1. The summed E-state index contributed by atoms with van der Waals surface area (Å²) in [6, 6.07) is 4.81. The molecule has 2 rings (SSSR count). The Morgan fingerprint density at radius 2 is 2.37 bits per heavy atom. The largest absolute Gasteiger partial charge is 0.381 e. The van der Waals surface area contributed by atoms with Gasteiger partial charge in [0.1, 0.15) is 0 Å². The van der Waals surface area contributed by atoms with Crippen LogP contribution >= 0.6 is 11.6 Å². The van der Waals surface area contributed by atoms with Gasteiger partial charge in [0.25, 0.3) is 5.69 Å². The number of hydrogen-bond acceptors (Lipinski definition) is 4. The van der Waals surface area contributed by atoms with E-state index in [-0.39, 0.29) is 11.8 Å². The minimum absolute atomic E-state index is 0.00830. The summed E-state index contributed by atoms with van der Waals surface area (Å²) in [6.45, 7) is 2.84. The molecule has 0 saturated carbocycles. The summed E-state index contributed by atoms with van der Waals surface area (Å²) in [6.07, 6.45) is 3.13. The molecule has 1 aliphatic heterocycles. The molecule has 1 fully saturated rings. The van der Waals surface area contributed by atoms with Gasteiger partial charge in [-0.15, -0.1) is 0 Å². The zero-order chi connectivity index (χ0) is 13.8. The number of nitro groups is 1. The van der Waals surface area contributed by atoms with Crippen molar-refractivity contribution in [3.8, 4) is 0 Å². The maximum Gasteiger partial charge on any atom is 0.271 e. The molecule has 0 aliphatic carbocycles. The molecule has 1 aromatic carbocycles. The van der Waals surface area contributed by atoms with E-state index in [2.05, 4.69) is 12.2 Å². The molecular formula is C13H17ClN2O3. The fraction of sp³-hybridized carbons (Fsp3) is 0.538. The summed E-state index contributed by atoms with van der Waals surface area (Å²) in [5.41, 5.74) is 0.753. The quantitative estimate of drug-likeness (QED) is 0.677. The first-order valence-corrected chi connectivity index (χ1v) is 6.80. The second kappa shape index (κ2) is 6.21. The van der Waals surface area contributed by atoms with E-state index in [1.54, 1.807) is 6.07 Å². The molecule has 0 bridgehead atoms. The Kier molecular flexibility index (Phi) is 4.61. The van der Waals surface area contributed by atoms with Gasteiger partial charge in [0.2, 0.25) is 0 Å². The molecule has 0 radical (unpaired) electrons. The van der Waals surface area contributed by atoms with Gasteiger partial charge in [0, 0.05) is 24.8 Å². The first-order valence-electron chi connectivity index (χ1n) is 6.42. The van der Waals surface area contributed by atoms with Gasteiger partial charge in [-0.3, -0.25) is 10.1 Å². The molecule has 1 saturated heterocycles. The van der Waals surface area contributed by atoms with Gasteiger partial charge in [0.05, 0.1) is 21.7 Å². The Balaban J connectivity index is 2.04. The van der Waals surface area contributed by atoms with Crippen LogP contribution in [0.4, 0.5) is 11.4 Å². The molecule has 2 unspecified atom stereocenters. The number of rotatable bonds is 4. The lowest BCUT2D eigenvalue weighted by Crippen LogP contribution is -2.33. The van der Waals surface area contributed by atoms with E-state index in [4.69, 9.17) is 16.3 Å².